The van der Waals surface area contributed by atoms with Crippen LogP contribution in [0.3, 0.4) is 0 Å². The van der Waals surface area contributed by atoms with Gasteiger partial charge in [0.1, 0.15) is 0 Å². The zero-order chi connectivity index (χ0) is 21.9. The van der Waals surface area contributed by atoms with Gasteiger partial charge in [0.15, 0.2) is 0 Å². The molecule has 0 atom stereocenters. The number of aromatic nitrogens is 4. The number of para-hydroxylation sites is 1. The first-order chi connectivity index (χ1) is 13.7. The number of tetrazole rings is 1. The van der Waals surface area contributed by atoms with E-state index in [4.69, 9.17) is 0 Å². The van der Waals surface area contributed by atoms with Crippen molar-refractivity contribution in [2.75, 3.05) is 5.32 Å². The van der Waals surface area contributed by atoms with Crippen LogP contribution in [0, 0.1) is 6.92 Å². The number of benzene rings is 2. The smallest absolute Gasteiger partial charge is 0.206 e. The van der Waals surface area contributed by atoms with E-state index in [1.807, 2.05) is 79.7 Å². The predicted octanol–water partition coefficient (Wildman–Crippen LogP) is 7.03. The third-order valence-electron chi connectivity index (χ3n) is 3.01. The summed E-state index contributed by atoms with van der Waals surface area (Å²) in [6, 6.07) is 16.2. The second-order valence-electron chi connectivity index (χ2n) is 4.64. The maximum absolute atomic E-state index is 4.25. The molecule has 0 aliphatic rings. The van der Waals surface area contributed by atoms with Crippen LogP contribution in [-0.2, 0) is 7.05 Å². The standard InChI is InChI=1S/C15H15N5.4C2H6/c1-11-7-9-12(10-8-11)16-14-6-4-3-5-13(14)15-17-19-20(2)18-15;4*1-2/h3-10,16H,1-2H3;4*1-2H3. The Labute approximate surface area is 172 Å². The summed E-state index contributed by atoms with van der Waals surface area (Å²) >= 11 is 0. The van der Waals surface area contributed by atoms with Crippen molar-refractivity contribution in [1.29, 1.82) is 0 Å². The first kappa shape index (κ1) is 27.5. The molecule has 1 N–H and O–H groups in total. The molecule has 0 radical (unpaired) electrons. The molecule has 0 saturated heterocycles. The number of rotatable bonds is 3. The van der Waals surface area contributed by atoms with Crippen molar-refractivity contribution in [2.24, 2.45) is 7.05 Å². The number of nitrogens with zero attached hydrogens (tertiary/aromatic N) is 4. The molecular formula is C23H39N5. The normalized spacial score (nSPS) is 8.36. The maximum atomic E-state index is 4.25. The largest absolute Gasteiger partial charge is 0.355 e. The molecule has 28 heavy (non-hydrogen) atoms. The fourth-order valence-corrected chi connectivity index (χ4v) is 1.97. The third kappa shape index (κ3) is 9.31. The van der Waals surface area contributed by atoms with Crippen molar-refractivity contribution in [1.82, 2.24) is 20.2 Å². The summed E-state index contributed by atoms with van der Waals surface area (Å²) in [6.07, 6.45) is 0. The highest BCUT2D eigenvalue weighted by Crippen LogP contribution is 2.27. The maximum Gasteiger partial charge on any atom is 0.206 e. The highest BCUT2D eigenvalue weighted by molar-refractivity contribution is 5.77. The van der Waals surface area contributed by atoms with Gasteiger partial charge in [0, 0.05) is 16.9 Å². The van der Waals surface area contributed by atoms with E-state index >= 15 is 0 Å². The van der Waals surface area contributed by atoms with Gasteiger partial charge in [-0.15, -0.1) is 10.2 Å². The summed E-state index contributed by atoms with van der Waals surface area (Å²) < 4.78 is 0. The van der Waals surface area contributed by atoms with Gasteiger partial charge in [-0.1, -0.05) is 85.2 Å². The van der Waals surface area contributed by atoms with Crippen molar-refractivity contribution in [3.05, 3.63) is 54.1 Å². The van der Waals surface area contributed by atoms with Crippen LogP contribution in [-0.4, -0.2) is 20.2 Å². The monoisotopic (exact) mass is 385 g/mol. The minimum atomic E-state index is 0.614. The van der Waals surface area contributed by atoms with E-state index in [0.717, 1.165) is 16.9 Å². The Kier molecular flexibility index (Phi) is 17.4. The Morgan fingerprint density at radius 2 is 1.29 bits per heavy atom. The zero-order valence-electron chi connectivity index (χ0n) is 19.4. The highest BCUT2D eigenvalue weighted by atomic mass is 15.6. The first-order valence-electron chi connectivity index (χ1n) is 10.4. The molecule has 0 spiro atoms. The molecule has 0 fully saturated rings. The predicted molar refractivity (Wildman–Crippen MR) is 124 cm³/mol. The van der Waals surface area contributed by atoms with Gasteiger partial charge >= 0.3 is 0 Å². The van der Waals surface area contributed by atoms with Crippen LogP contribution < -0.4 is 5.32 Å². The number of aryl methyl sites for hydroxylation is 2. The van der Waals surface area contributed by atoms with Gasteiger partial charge in [-0.25, -0.2) is 0 Å². The summed E-state index contributed by atoms with van der Waals surface area (Å²) in [6.45, 7) is 18.1. The van der Waals surface area contributed by atoms with Gasteiger partial charge in [-0.05, 0) is 36.4 Å². The van der Waals surface area contributed by atoms with Gasteiger partial charge < -0.3 is 5.32 Å². The molecule has 0 bridgehead atoms. The second-order valence-corrected chi connectivity index (χ2v) is 4.64. The Bertz CT molecular complexity index is 718. The fraction of sp³-hybridized carbons (Fsp3) is 0.435. The quantitative estimate of drug-likeness (QED) is 0.525. The first-order valence-corrected chi connectivity index (χ1v) is 10.4. The molecule has 156 valence electrons. The van der Waals surface area contributed by atoms with E-state index in [1.54, 1.807) is 7.05 Å². The summed E-state index contributed by atoms with van der Waals surface area (Å²) in [5.74, 6) is 0.614. The van der Waals surface area contributed by atoms with Crippen LogP contribution in [0.5, 0.6) is 0 Å². The molecule has 5 nitrogen and oxygen atoms in total. The van der Waals surface area contributed by atoms with Crippen LogP contribution >= 0.6 is 0 Å². The minimum absolute atomic E-state index is 0.614. The molecule has 0 saturated carbocycles. The van der Waals surface area contributed by atoms with Gasteiger partial charge in [-0.2, -0.15) is 4.80 Å². The van der Waals surface area contributed by atoms with E-state index < -0.39 is 0 Å². The number of anilines is 2. The molecule has 1 aromatic heterocycles. The van der Waals surface area contributed by atoms with Crippen LogP contribution in [0.4, 0.5) is 11.4 Å². The number of nitrogens with one attached hydrogen (secondary N) is 1. The lowest BCUT2D eigenvalue weighted by Gasteiger charge is -2.10. The topological polar surface area (TPSA) is 55.6 Å². The van der Waals surface area contributed by atoms with E-state index in [9.17, 15) is 0 Å². The van der Waals surface area contributed by atoms with Crippen molar-refractivity contribution in [2.45, 2.75) is 62.3 Å². The Hall–Kier alpha value is -2.69. The Balaban J connectivity index is 0. The lowest BCUT2D eigenvalue weighted by Crippen LogP contribution is -1.95. The number of hydrogen-bond acceptors (Lipinski definition) is 4. The average molecular weight is 386 g/mol. The summed E-state index contributed by atoms with van der Waals surface area (Å²) in [4.78, 5) is 1.46. The molecule has 3 aromatic rings. The Morgan fingerprint density at radius 3 is 1.79 bits per heavy atom. The van der Waals surface area contributed by atoms with Gasteiger partial charge in [0.2, 0.25) is 5.82 Å². The molecule has 5 heteroatoms. The molecule has 0 aliphatic heterocycles. The van der Waals surface area contributed by atoms with Crippen molar-refractivity contribution in [3.63, 3.8) is 0 Å². The molecular weight excluding hydrogens is 346 g/mol. The van der Waals surface area contributed by atoms with E-state index in [-0.39, 0.29) is 0 Å². The lowest BCUT2D eigenvalue weighted by atomic mass is 10.1. The van der Waals surface area contributed by atoms with Gasteiger partial charge in [0.05, 0.1) is 7.05 Å². The summed E-state index contributed by atoms with van der Waals surface area (Å²) in [5.41, 5.74) is 4.16. The summed E-state index contributed by atoms with van der Waals surface area (Å²) in [7, 11) is 1.76. The van der Waals surface area contributed by atoms with E-state index in [0.29, 0.717) is 5.82 Å². The van der Waals surface area contributed by atoms with E-state index in [2.05, 4.69) is 51.9 Å². The minimum Gasteiger partial charge on any atom is -0.355 e. The van der Waals surface area contributed by atoms with Crippen molar-refractivity contribution in [3.8, 4) is 11.4 Å². The van der Waals surface area contributed by atoms with Crippen LogP contribution in [0.1, 0.15) is 61.0 Å². The molecule has 2 aromatic carbocycles. The second kappa shape index (κ2) is 17.7. The average Bonchev–Trinajstić information content (AvgIpc) is 3.22. The molecule has 0 aliphatic carbocycles. The van der Waals surface area contributed by atoms with Gasteiger partial charge in [-0.3, -0.25) is 0 Å². The molecule has 1 heterocycles. The van der Waals surface area contributed by atoms with Crippen molar-refractivity contribution >= 4 is 11.4 Å². The molecule has 0 unspecified atom stereocenters. The molecule has 3 rings (SSSR count). The SMILES string of the molecule is CC.CC.CC.CC.Cc1ccc(Nc2ccccc2-c2nnn(C)n2)cc1. The van der Waals surface area contributed by atoms with Crippen LogP contribution in [0.25, 0.3) is 11.4 Å². The third-order valence-corrected chi connectivity index (χ3v) is 3.01. The van der Waals surface area contributed by atoms with Crippen LogP contribution in [0.2, 0.25) is 0 Å². The highest BCUT2D eigenvalue weighted by Gasteiger charge is 2.09. The molecule has 0 amide bonds. The van der Waals surface area contributed by atoms with E-state index in [1.165, 1.54) is 10.4 Å². The van der Waals surface area contributed by atoms with Crippen molar-refractivity contribution < 1.29 is 0 Å². The summed E-state index contributed by atoms with van der Waals surface area (Å²) in [5, 5.41) is 15.6. The zero-order valence-corrected chi connectivity index (χ0v) is 19.4. The van der Waals surface area contributed by atoms with Gasteiger partial charge in [0.25, 0.3) is 0 Å². The number of hydrogen-bond donors (Lipinski definition) is 1. The fourth-order valence-electron chi connectivity index (χ4n) is 1.97. The van der Waals surface area contributed by atoms with Crippen LogP contribution in [0.15, 0.2) is 48.5 Å². The lowest BCUT2D eigenvalue weighted by molar-refractivity contribution is 0.630. The Morgan fingerprint density at radius 1 is 0.750 bits per heavy atom.